The smallest absolute Gasteiger partial charge is 0.231 e. The molecular formula is C13H25N3O2. The molecule has 0 aromatic carbocycles. The van der Waals surface area contributed by atoms with Crippen LogP contribution >= 0.6 is 0 Å². The van der Waals surface area contributed by atoms with Crippen LogP contribution in [-0.2, 0) is 11.3 Å². The maximum atomic E-state index is 5.36. The highest BCUT2D eigenvalue weighted by atomic mass is 16.5. The fourth-order valence-corrected chi connectivity index (χ4v) is 2.17. The van der Waals surface area contributed by atoms with E-state index < -0.39 is 0 Å². The monoisotopic (exact) mass is 255 g/mol. The highest BCUT2D eigenvalue weighted by molar-refractivity contribution is 4.99. The van der Waals surface area contributed by atoms with Crippen LogP contribution in [0.1, 0.15) is 51.7 Å². The Kier molecular flexibility index (Phi) is 6.29. The molecule has 0 aliphatic carbocycles. The number of methoxy groups -OCH3 is 1. The van der Waals surface area contributed by atoms with Gasteiger partial charge in [-0.15, -0.1) is 0 Å². The molecule has 18 heavy (non-hydrogen) atoms. The second-order valence-electron chi connectivity index (χ2n) is 4.99. The van der Waals surface area contributed by atoms with E-state index >= 15 is 0 Å². The van der Waals surface area contributed by atoms with Crippen LogP contribution in [0.25, 0.3) is 0 Å². The molecule has 0 aliphatic rings. The van der Waals surface area contributed by atoms with Crippen LogP contribution in [0.4, 0.5) is 0 Å². The zero-order valence-electron chi connectivity index (χ0n) is 12.1. The number of ether oxygens (including phenoxy) is 1. The standard InChI is InChI=1S/C13H25N3O2/c1-6-7-14-10(4)12(9(2)3)13-15-11(8-17-5)16-18-13/h9-10,12,14H,6-8H2,1-5H3. The van der Waals surface area contributed by atoms with Crippen LogP contribution in [0.5, 0.6) is 0 Å². The highest BCUT2D eigenvalue weighted by Gasteiger charge is 2.27. The van der Waals surface area contributed by atoms with Crippen LogP contribution < -0.4 is 5.32 Å². The summed E-state index contributed by atoms with van der Waals surface area (Å²) in [6.45, 7) is 10.1. The number of hydrogen-bond acceptors (Lipinski definition) is 5. The lowest BCUT2D eigenvalue weighted by atomic mass is 9.89. The molecule has 1 aromatic heterocycles. The summed E-state index contributed by atoms with van der Waals surface area (Å²) in [7, 11) is 1.63. The lowest BCUT2D eigenvalue weighted by Gasteiger charge is -2.24. The van der Waals surface area contributed by atoms with Crippen molar-refractivity contribution in [2.75, 3.05) is 13.7 Å². The second-order valence-corrected chi connectivity index (χ2v) is 4.99. The third-order valence-electron chi connectivity index (χ3n) is 3.02. The van der Waals surface area contributed by atoms with Crippen molar-refractivity contribution in [2.24, 2.45) is 5.92 Å². The summed E-state index contributed by atoms with van der Waals surface area (Å²) in [5.74, 6) is 1.99. The Hall–Kier alpha value is -0.940. The van der Waals surface area contributed by atoms with Gasteiger partial charge in [0.05, 0.1) is 5.92 Å². The number of rotatable bonds is 8. The van der Waals surface area contributed by atoms with Crippen molar-refractivity contribution in [3.63, 3.8) is 0 Å². The van der Waals surface area contributed by atoms with Crippen molar-refractivity contribution in [2.45, 2.75) is 52.7 Å². The molecule has 104 valence electrons. The molecule has 0 fully saturated rings. The quantitative estimate of drug-likeness (QED) is 0.772. The Morgan fingerprint density at radius 3 is 2.61 bits per heavy atom. The molecule has 0 radical (unpaired) electrons. The van der Waals surface area contributed by atoms with Crippen molar-refractivity contribution in [1.29, 1.82) is 0 Å². The fraction of sp³-hybridized carbons (Fsp3) is 0.846. The van der Waals surface area contributed by atoms with E-state index in [0.717, 1.165) is 13.0 Å². The van der Waals surface area contributed by atoms with Crippen LogP contribution in [0, 0.1) is 5.92 Å². The van der Waals surface area contributed by atoms with Gasteiger partial charge in [-0.05, 0) is 25.8 Å². The molecule has 5 nitrogen and oxygen atoms in total. The van der Waals surface area contributed by atoms with E-state index in [-0.39, 0.29) is 5.92 Å². The van der Waals surface area contributed by atoms with Gasteiger partial charge in [-0.2, -0.15) is 4.98 Å². The third-order valence-corrected chi connectivity index (χ3v) is 3.02. The lowest BCUT2D eigenvalue weighted by molar-refractivity contribution is 0.174. The molecule has 1 aromatic rings. The van der Waals surface area contributed by atoms with Gasteiger partial charge >= 0.3 is 0 Å². The number of nitrogens with one attached hydrogen (secondary N) is 1. The first-order valence-electron chi connectivity index (χ1n) is 6.64. The van der Waals surface area contributed by atoms with E-state index in [9.17, 15) is 0 Å². The summed E-state index contributed by atoms with van der Waals surface area (Å²) in [5.41, 5.74) is 0. The Morgan fingerprint density at radius 1 is 1.33 bits per heavy atom. The first-order valence-corrected chi connectivity index (χ1v) is 6.64. The SMILES string of the molecule is CCCNC(C)C(c1nc(COC)no1)C(C)C. The van der Waals surface area contributed by atoms with Gasteiger partial charge in [0, 0.05) is 13.2 Å². The maximum Gasteiger partial charge on any atom is 0.231 e. The molecule has 2 unspecified atom stereocenters. The second kappa shape index (κ2) is 7.48. The molecular weight excluding hydrogens is 230 g/mol. The van der Waals surface area contributed by atoms with Gasteiger partial charge in [0.2, 0.25) is 5.89 Å². The van der Waals surface area contributed by atoms with Gasteiger partial charge < -0.3 is 14.6 Å². The van der Waals surface area contributed by atoms with Crippen molar-refractivity contribution < 1.29 is 9.26 Å². The van der Waals surface area contributed by atoms with Crippen molar-refractivity contribution in [3.05, 3.63) is 11.7 Å². The van der Waals surface area contributed by atoms with Crippen molar-refractivity contribution in [1.82, 2.24) is 15.5 Å². The molecule has 0 bridgehead atoms. The molecule has 0 saturated carbocycles. The fourth-order valence-electron chi connectivity index (χ4n) is 2.17. The predicted molar refractivity (Wildman–Crippen MR) is 70.3 cm³/mol. The minimum absolute atomic E-state index is 0.231. The van der Waals surface area contributed by atoms with Gasteiger partial charge in [-0.25, -0.2) is 0 Å². The van der Waals surface area contributed by atoms with E-state index in [1.807, 2.05) is 0 Å². The Bertz CT molecular complexity index is 339. The van der Waals surface area contributed by atoms with Crippen LogP contribution in [-0.4, -0.2) is 29.8 Å². The van der Waals surface area contributed by atoms with Crippen LogP contribution in [0.3, 0.4) is 0 Å². The third kappa shape index (κ3) is 4.07. The van der Waals surface area contributed by atoms with Crippen LogP contribution in [0.2, 0.25) is 0 Å². The normalized spacial score (nSPS) is 15.0. The van der Waals surface area contributed by atoms with Gasteiger partial charge in [0.15, 0.2) is 5.82 Å². The average Bonchev–Trinajstić information content (AvgIpc) is 2.75. The van der Waals surface area contributed by atoms with Gasteiger partial charge in [0.1, 0.15) is 6.61 Å². The van der Waals surface area contributed by atoms with E-state index in [1.54, 1.807) is 7.11 Å². The maximum absolute atomic E-state index is 5.36. The first-order chi connectivity index (χ1) is 8.60. The van der Waals surface area contributed by atoms with Gasteiger partial charge in [-0.1, -0.05) is 25.9 Å². The summed E-state index contributed by atoms with van der Waals surface area (Å²) in [5, 5.41) is 7.43. The number of nitrogens with zero attached hydrogens (tertiary/aromatic N) is 2. The van der Waals surface area contributed by atoms with Gasteiger partial charge in [0.25, 0.3) is 0 Å². The van der Waals surface area contributed by atoms with E-state index in [4.69, 9.17) is 9.26 Å². The molecule has 0 amide bonds. The van der Waals surface area contributed by atoms with Gasteiger partial charge in [-0.3, -0.25) is 0 Å². The summed E-state index contributed by atoms with van der Waals surface area (Å²) in [4.78, 5) is 4.41. The topological polar surface area (TPSA) is 60.2 Å². The minimum Gasteiger partial charge on any atom is -0.377 e. The molecule has 0 saturated heterocycles. The predicted octanol–water partition coefficient (Wildman–Crippen LogP) is 2.34. The summed E-state index contributed by atoms with van der Waals surface area (Å²) in [6.07, 6.45) is 1.12. The molecule has 5 heteroatoms. The van der Waals surface area contributed by atoms with Crippen molar-refractivity contribution in [3.8, 4) is 0 Å². The molecule has 0 aliphatic heterocycles. The first kappa shape index (κ1) is 15.1. The lowest BCUT2D eigenvalue weighted by Crippen LogP contribution is -2.35. The number of hydrogen-bond donors (Lipinski definition) is 1. The zero-order chi connectivity index (χ0) is 13.5. The zero-order valence-corrected chi connectivity index (χ0v) is 12.1. The van der Waals surface area contributed by atoms with E-state index in [2.05, 4.69) is 43.2 Å². The summed E-state index contributed by atoms with van der Waals surface area (Å²) < 4.78 is 10.4. The highest BCUT2D eigenvalue weighted by Crippen LogP contribution is 2.26. The van der Waals surface area contributed by atoms with E-state index in [1.165, 1.54) is 0 Å². The molecule has 1 rings (SSSR count). The molecule has 0 spiro atoms. The largest absolute Gasteiger partial charge is 0.377 e. The summed E-state index contributed by atoms with van der Waals surface area (Å²) in [6, 6.07) is 0.320. The molecule has 2 atom stereocenters. The Morgan fingerprint density at radius 2 is 2.06 bits per heavy atom. The Labute approximate surface area is 109 Å². The molecule has 1 N–H and O–H groups in total. The number of aromatic nitrogens is 2. The summed E-state index contributed by atoms with van der Waals surface area (Å²) >= 11 is 0. The van der Waals surface area contributed by atoms with Crippen LogP contribution in [0.15, 0.2) is 4.52 Å². The van der Waals surface area contributed by atoms with Crippen molar-refractivity contribution >= 4 is 0 Å². The molecule has 1 heterocycles. The Balaban J connectivity index is 2.76. The minimum atomic E-state index is 0.231. The average molecular weight is 255 g/mol. The van der Waals surface area contributed by atoms with E-state index in [0.29, 0.717) is 30.3 Å².